The summed E-state index contributed by atoms with van der Waals surface area (Å²) in [5, 5.41) is -0.383. The number of hydrogen-bond donors (Lipinski definition) is 1. The van der Waals surface area contributed by atoms with Crippen molar-refractivity contribution in [1.29, 1.82) is 0 Å². The van der Waals surface area contributed by atoms with Gasteiger partial charge in [0.25, 0.3) is 0 Å². The minimum absolute atomic E-state index is 0.242. The molecule has 0 aliphatic carbocycles. The lowest BCUT2D eigenvalue weighted by Crippen LogP contribution is -2.38. The Morgan fingerprint density at radius 2 is 2.00 bits per heavy atom. The largest absolute Gasteiger partial charge is 0.286 e. The van der Waals surface area contributed by atoms with Gasteiger partial charge in [0, 0.05) is 6.54 Å². The highest BCUT2D eigenvalue weighted by molar-refractivity contribution is 7.97. The van der Waals surface area contributed by atoms with Gasteiger partial charge in [-0.25, -0.2) is 8.42 Å². The molecule has 1 aromatic carbocycles. The molecular weight excluding hydrogens is 282 g/mol. The van der Waals surface area contributed by atoms with Crippen molar-refractivity contribution in [3.8, 4) is 0 Å². The minimum Gasteiger partial charge on any atom is -0.286 e. The van der Waals surface area contributed by atoms with Crippen LogP contribution in [0, 0.1) is 0 Å². The van der Waals surface area contributed by atoms with Crippen LogP contribution in [0.15, 0.2) is 29.2 Å². The summed E-state index contributed by atoms with van der Waals surface area (Å²) >= 11 is 3.78. The maximum Gasteiger partial charge on any atom is 0.243 e. The first-order valence-corrected chi connectivity index (χ1v) is 8.19. The summed E-state index contributed by atoms with van der Waals surface area (Å²) in [4.78, 5) is 11.6. The van der Waals surface area contributed by atoms with E-state index in [1.165, 1.54) is 4.31 Å². The average Bonchev–Trinajstić information content (AvgIpc) is 2.89. The number of carbonyl (C=O) groups excluding carboxylic acids is 1. The van der Waals surface area contributed by atoms with E-state index < -0.39 is 16.1 Å². The van der Waals surface area contributed by atoms with Crippen molar-refractivity contribution in [3.63, 3.8) is 0 Å². The van der Waals surface area contributed by atoms with Gasteiger partial charge in [-0.1, -0.05) is 19.1 Å². The number of hydrogen-bond acceptors (Lipinski definition) is 3. The molecule has 0 saturated carbocycles. The molecule has 1 aliphatic heterocycles. The summed E-state index contributed by atoms with van der Waals surface area (Å²) in [7, 11) is -3.59. The Hall–Kier alpha value is -0.850. The van der Waals surface area contributed by atoms with E-state index in [0.717, 1.165) is 12.0 Å². The third-order valence-corrected chi connectivity index (χ3v) is 5.65. The van der Waals surface area contributed by atoms with Crippen molar-refractivity contribution in [2.75, 3.05) is 6.54 Å². The van der Waals surface area contributed by atoms with Gasteiger partial charge >= 0.3 is 0 Å². The van der Waals surface area contributed by atoms with Crippen molar-refractivity contribution >= 4 is 27.8 Å². The van der Waals surface area contributed by atoms with Gasteiger partial charge in [0.15, 0.2) is 0 Å². The smallest absolute Gasteiger partial charge is 0.243 e. The molecule has 1 saturated heterocycles. The van der Waals surface area contributed by atoms with Gasteiger partial charge in [-0.05, 0) is 37.0 Å². The van der Waals surface area contributed by atoms with E-state index in [2.05, 4.69) is 12.6 Å². The van der Waals surface area contributed by atoms with E-state index in [4.69, 9.17) is 0 Å². The van der Waals surface area contributed by atoms with Crippen molar-refractivity contribution in [3.05, 3.63) is 29.8 Å². The van der Waals surface area contributed by atoms with Crippen molar-refractivity contribution < 1.29 is 13.2 Å². The zero-order valence-corrected chi connectivity index (χ0v) is 12.5. The molecule has 1 unspecified atom stereocenters. The molecule has 104 valence electrons. The summed E-state index contributed by atoms with van der Waals surface area (Å²) in [5.74, 6) is 0. The van der Waals surface area contributed by atoms with E-state index in [-0.39, 0.29) is 10.0 Å². The van der Waals surface area contributed by atoms with Crippen LogP contribution in [0.25, 0.3) is 0 Å². The number of rotatable bonds is 4. The Bertz CT molecular complexity index is 566. The predicted molar refractivity (Wildman–Crippen MR) is 76.7 cm³/mol. The maximum atomic E-state index is 12.5. The Morgan fingerprint density at radius 1 is 1.37 bits per heavy atom. The van der Waals surface area contributed by atoms with Crippen LogP contribution in [-0.2, 0) is 21.2 Å². The van der Waals surface area contributed by atoms with Crippen LogP contribution in [0.5, 0.6) is 0 Å². The van der Waals surface area contributed by atoms with Crippen molar-refractivity contribution in [1.82, 2.24) is 4.31 Å². The first-order chi connectivity index (χ1) is 8.96. The quantitative estimate of drug-likeness (QED) is 0.863. The molecule has 0 N–H and O–H groups in total. The van der Waals surface area contributed by atoms with Crippen LogP contribution in [0.3, 0.4) is 0 Å². The standard InChI is InChI=1S/C13H17NO3S2/c1-2-10-5-7-11(8-6-10)19(16,17)14-9-3-4-12(14)13(15)18/h5-8,12H,2-4,9H2,1H3,(H,15,18). The summed E-state index contributed by atoms with van der Waals surface area (Å²) < 4.78 is 26.2. The number of sulfonamides is 1. The highest BCUT2D eigenvalue weighted by atomic mass is 32.2. The molecule has 0 aromatic heterocycles. The van der Waals surface area contributed by atoms with E-state index in [9.17, 15) is 13.2 Å². The zero-order chi connectivity index (χ0) is 14.0. The molecule has 6 heteroatoms. The van der Waals surface area contributed by atoms with Crippen LogP contribution < -0.4 is 0 Å². The van der Waals surface area contributed by atoms with Crippen LogP contribution in [0.4, 0.5) is 0 Å². The van der Waals surface area contributed by atoms with Gasteiger partial charge in [0.05, 0.1) is 10.9 Å². The van der Waals surface area contributed by atoms with E-state index in [1.54, 1.807) is 24.3 Å². The first kappa shape index (κ1) is 14.6. The molecule has 2 rings (SSSR count). The highest BCUT2D eigenvalue weighted by Crippen LogP contribution is 2.27. The number of benzene rings is 1. The van der Waals surface area contributed by atoms with Gasteiger partial charge in [-0.15, -0.1) is 12.6 Å². The van der Waals surface area contributed by atoms with Crippen LogP contribution >= 0.6 is 12.6 Å². The molecule has 1 aromatic rings. The third-order valence-electron chi connectivity index (χ3n) is 3.43. The lowest BCUT2D eigenvalue weighted by atomic mass is 10.2. The monoisotopic (exact) mass is 299 g/mol. The molecule has 4 nitrogen and oxygen atoms in total. The second kappa shape index (κ2) is 5.64. The molecule has 0 amide bonds. The summed E-state index contributed by atoms with van der Waals surface area (Å²) in [6, 6.07) is 6.19. The van der Waals surface area contributed by atoms with Gasteiger partial charge in [-0.2, -0.15) is 4.31 Å². The van der Waals surface area contributed by atoms with Crippen LogP contribution in [-0.4, -0.2) is 30.4 Å². The molecule has 19 heavy (non-hydrogen) atoms. The summed E-state index contributed by atoms with van der Waals surface area (Å²) in [6.45, 7) is 2.40. The number of nitrogens with zero attached hydrogens (tertiary/aromatic N) is 1. The SMILES string of the molecule is CCc1ccc(S(=O)(=O)N2CCCC2C(=O)S)cc1. The van der Waals surface area contributed by atoms with Crippen molar-refractivity contribution in [2.45, 2.75) is 37.1 Å². The third kappa shape index (κ3) is 2.85. The number of aryl methyl sites for hydroxylation is 1. The molecule has 0 bridgehead atoms. The zero-order valence-electron chi connectivity index (χ0n) is 10.7. The maximum absolute atomic E-state index is 12.5. The second-order valence-corrected chi connectivity index (χ2v) is 6.94. The molecule has 1 fully saturated rings. The molecule has 1 atom stereocenters. The summed E-state index contributed by atoms with van der Waals surface area (Å²) in [5.41, 5.74) is 1.09. The van der Waals surface area contributed by atoms with Gasteiger partial charge in [0.1, 0.15) is 0 Å². The van der Waals surface area contributed by atoms with E-state index in [0.29, 0.717) is 19.4 Å². The van der Waals surface area contributed by atoms with E-state index in [1.807, 2.05) is 6.92 Å². The lowest BCUT2D eigenvalue weighted by Gasteiger charge is -2.21. The second-order valence-electron chi connectivity index (χ2n) is 4.61. The molecule has 1 heterocycles. The average molecular weight is 299 g/mol. The Labute approximate surface area is 119 Å². The number of thiol groups is 1. The Balaban J connectivity index is 2.33. The van der Waals surface area contributed by atoms with Gasteiger partial charge < -0.3 is 0 Å². The highest BCUT2D eigenvalue weighted by Gasteiger charge is 2.38. The van der Waals surface area contributed by atoms with Crippen molar-refractivity contribution in [2.24, 2.45) is 0 Å². The fourth-order valence-corrected chi connectivity index (χ4v) is 4.31. The van der Waals surface area contributed by atoms with Crippen LogP contribution in [0.1, 0.15) is 25.3 Å². The van der Waals surface area contributed by atoms with Gasteiger partial charge in [0.2, 0.25) is 15.1 Å². The molecule has 0 spiro atoms. The Kier molecular flexibility index (Phi) is 4.32. The first-order valence-electron chi connectivity index (χ1n) is 6.30. The summed E-state index contributed by atoms with van der Waals surface area (Å²) in [6.07, 6.45) is 2.11. The predicted octanol–water partition coefficient (Wildman–Crippen LogP) is 1.86. The fraction of sp³-hybridized carbons (Fsp3) is 0.462. The molecular formula is C13H17NO3S2. The topological polar surface area (TPSA) is 54.5 Å². The van der Waals surface area contributed by atoms with Gasteiger partial charge in [-0.3, -0.25) is 4.79 Å². The van der Waals surface area contributed by atoms with Crippen LogP contribution in [0.2, 0.25) is 0 Å². The normalized spacial score (nSPS) is 20.6. The Morgan fingerprint density at radius 3 is 2.53 bits per heavy atom. The molecule has 0 radical (unpaired) electrons. The molecule has 1 aliphatic rings. The lowest BCUT2D eigenvalue weighted by molar-refractivity contribution is -0.113. The fourth-order valence-electron chi connectivity index (χ4n) is 2.31. The van der Waals surface area contributed by atoms with E-state index >= 15 is 0 Å². The number of carbonyl (C=O) groups is 1. The minimum atomic E-state index is -3.59.